The SMILES string of the molecule is Cn1ccnc1C(=O)[C@H](Cc1ccc([N+](=O)[O-])cc1[N+](=O)[O-])c1ccccc1. The van der Waals surface area contributed by atoms with Crippen molar-refractivity contribution in [2.45, 2.75) is 12.3 Å². The topological polar surface area (TPSA) is 121 Å². The fourth-order valence-electron chi connectivity index (χ4n) is 3.03. The first-order valence-corrected chi connectivity index (χ1v) is 8.36. The second-order valence-corrected chi connectivity index (χ2v) is 6.22. The van der Waals surface area contributed by atoms with Crippen molar-refractivity contribution in [3.8, 4) is 0 Å². The molecule has 3 rings (SSSR count). The van der Waals surface area contributed by atoms with Crippen LogP contribution < -0.4 is 0 Å². The zero-order chi connectivity index (χ0) is 20.3. The molecule has 0 fully saturated rings. The van der Waals surface area contributed by atoms with Gasteiger partial charge in [-0.05, 0) is 18.1 Å². The Balaban J connectivity index is 2.06. The van der Waals surface area contributed by atoms with Crippen LogP contribution in [0.3, 0.4) is 0 Å². The number of imidazole rings is 1. The quantitative estimate of drug-likeness (QED) is 0.351. The summed E-state index contributed by atoms with van der Waals surface area (Å²) in [5.41, 5.74) is 0.167. The summed E-state index contributed by atoms with van der Waals surface area (Å²) in [6.45, 7) is 0. The van der Waals surface area contributed by atoms with Gasteiger partial charge in [0.05, 0.1) is 21.8 Å². The summed E-state index contributed by atoms with van der Waals surface area (Å²) in [5.74, 6) is -0.771. The number of rotatable bonds is 7. The highest BCUT2D eigenvalue weighted by atomic mass is 16.6. The Hall–Kier alpha value is -3.88. The van der Waals surface area contributed by atoms with E-state index in [0.29, 0.717) is 5.56 Å². The first-order valence-electron chi connectivity index (χ1n) is 8.36. The molecule has 0 saturated heterocycles. The molecule has 0 aliphatic rings. The van der Waals surface area contributed by atoms with E-state index in [0.717, 1.165) is 6.07 Å². The van der Waals surface area contributed by atoms with Crippen molar-refractivity contribution in [3.05, 3.63) is 98.1 Å². The molecule has 2 aromatic carbocycles. The lowest BCUT2D eigenvalue weighted by atomic mass is 9.87. The van der Waals surface area contributed by atoms with Crippen LogP contribution in [0.15, 0.2) is 60.9 Å². The van der Waals surface area contributed by atoms with Crippen molar-refractivity contribution in [2.75, 3.05) is 0 Å². The highest BCUT2D eigenvalue weighted by Crippen LogP contribution is 2.31. The van der Waals surface area contributed by atoms with Gasteiger partial charge in [0.25, 0.3) is 11.4 Å². The minimum Gasteiger partial charge on any atom is -0.332 e. The lowest BCUT2D eigenvalue weighted by Gasteiger charge is -2.16. The van der Waals surface area contributed by atoms with Crippen molar-refractivity contribution in [2.24, 2.45) is 7.05 Å². The molecule has 0 saturated carbocycles. The van der Waals surface area contributed by atoms with Crippen LogP contribution in [0.1, 0.15) is 27.7 Å². The van der Waals surface area contributed by atoms with Crippen LogP contribution in [0, 0.1) is 20.2 Å². The summed E-state index contributed by atoms with van der Waals surface area (Å²) >= 11 is 0. The molecule has 0 radical (unpaired) electrons. The maximum atomic E-state index is 13.1. The summed E-state index contributed by atoms with van der Waals surface area (Å²) in [7, 11) is 1.69. The maximum Gasteiger partial charge on any atom is 0.279 e. The maximum absolute atomic E-state index is 13.1. The third kappa shape index (κ3) is 3.78. The number of carbonyl (C=O) groups excluding carboxylic acids is 1. The van der Waals surface area contributed by atoms with Gasteiger partial charge in [-0.1, -0.05) is 30.3 Å². The van der Waals surface area contributed by atoms with Crippen molar-refractivity contribution in [1.82, 2.24) is 9.55 Å². The Bertz CT molecular complexity index is 1050. The van der Waals surface area contributed by atoms with Gasteiger partial charge in [-0.15, -0.1) is 0 Å². The third-order valence-electron chi connectivity index (χ3n) is 4.46. The van der Waals surface area contributed by atoms with E-state index >= 15 is 0 Å². The largest absolute Gasteiger partial charge is 0.332 e. The molecule has 0 spiro atoms. The van der Waals surface area contributed by atoms with Gasteiger partial charge in [-0.2, -0.15) is 0 Å². The lowest BCUT2D eigenvalue weighted by molar-refractivity contribution is -0.394. The van der Waals surface area contributed by atoms with Crippen LogP contribution in [-0.2, 0) is 13.5 Å². The Morgan fingerprint density at radius 3 is 2.39 bits per heavy atom. The Kier molecular flexibility index (Phi) is 5.25. The van der Waals surface area contributed by atoms with Crippen molar-refractivity contribution in [3.63, 3.8) is 0 Å². The molecular formula is C19H16N4O5. The zero-order valence-electron chi connectivity index (χ0n) is 14.9. The number of hydrogen-bond acceptors (Lipinski definition) is 6. The number of nitro benzene ring substituents is 2. The number of Topliss-reactive ketones (excluding diaryl/α,β-unsaturated/α-hetero) is 1. The second-order valence-electron chi connectivity index (χ2n) is 6.22. The standard InChI is InChI=1S/C19H16N4O5/c1-21-10-9-20-19(21)18(24)16(13-5-3-2-4-6-13)11-14-7-8-15(22(25)26)12-17(14)23(27)28/h2-10,12,16H,11H2,1H3/t16-/m1/s1. The fraction of sp³-hybridized carbons (Fsp3) is 0.158. The Labute approximate surface area is 159 Å². The molecule has 0 aliphatic carbocycles. The van der Waals surface area contributed by atoms with Gasteiger partial charge >= 0.3 is 0 Å². The van der Waals surface area contributed by atoms with Gasteiger partial charge in [-0.3, -0.25) is 25.0 Å². The molecule has 1 aromatic heterocycles. The molecule has 0 amide bonds. The number of carbonyl (C=O) groups is 1. The van der Waals surface area contributed by atoms with Crippen LogP contribution >= 0.6 is 0 Å². The lowest BCUT2D eigenvalue weighted by Crippen LogP contribution is -2.19. The van der Waals surface area contributed by atoms with Crippen LogP contribution in [0.25, 0.3) is 0 Å². The van der Waals surface area contributed by atoms with Crippen LogP contribution in [0.2, 0.25) is 0 Å². The van der Waals surface area contributed by atoms with Crippen LogP contribution in [-0.4, -0.2) is 25.2 Å². The van der Waals surface area contributed by atoms with Gasteiger partial charge in [0.15, 0.2) is 5.82 Å². The van der Waals surface area contributed by atoms with E-state index in [9.17, 15) is 25.0 Å². The highest BCUT2D eigenvalue weighted by Gasteiger charge is 2.29. The number of nitrogens with zero attached hydrogens (tertiary/aromatic N) is 4. The molecule has 9 heteroatoms. The average molecular weight is 380 g/mol. The van der Waals surface area contributed by atoms with Crippen molar-refractivity contribution in [1.29, 1.82) is 0 Å². The van der Waals surface area contributed by atoms with E-state index in [4.69, 9.17) is 0 Å². The van der Waals surface area contributed by atoms with E-state index in [1.165, 1.54) is 18.3 Å². The Morgan fingerprint density at radius 1 is 1.11 bits per heavy atom. The predicted molar refractivity (Wildman–Crippen MR) is 100 cm³/mol. The minimum atomic E-state index is -0.720. The molecule has 142 valence electrons. The summed E-state index contributed by atoms with van der Waals surface area (Å²) in [4.78, 5) is 38.3. The van der Waals surface area contributed by atoms with Gasteiger partial charge in [0, 0.05) is 31.1 Å². The van der Waals surface area contributed by atoms with E-state index < -0.39 is 15.8 Å². The zero-order valence-corrected chi connectivity index (χ0v) is 14.9. The molecular weight excluding hydrogens is 364 g/mol. The molecule has 9 nitrogen and oxygen atoms in total. The summed E-state index contributed by atoms with van der Waals surface area (Å²) < 4.78 is 1.59. The summed E-state index contributed by atoms with van der Waals surface area (Å²) in [6, 6.07) is 12.3. The third-order valence-corrected chi connectivity index (χ3v) is 4.46. The van der Waals surface area contributed by atoms with Gasteiger partial charge in [0.2, 0.25) is 5.78 Å². The predicted octanol–water partition coefficient (Wildman–Crippen LogP) is 3.45. The minimum absolute atomic E-state index is 0.0179. The number of ketones is 1. The van der Waals surface area contributed by atoms with Crippen molar-refractivity contribution < 1.29 is 14.6 Å². The monoisotopic (exact) mass is 380 g/mol. The molecule has 1 atom stereocenters. The first-order chi connectivity index (χ1) is 13.4. The van der Waals surface area contributed by atoms with E-state index in [-0.39, 0.29) is 35.0 Å². The molecule has 1 heterocycles. The fourth-order valence-corrected chi connectivity index (χ4v) is 3.03. The smallest absolute Gasteiger partial charge is 0.279 e. The normalized spacial score (nSPS) is 11.8. The van der Waals surface area contributed by atoms with Crippen molar-refractivity contribution >= 4 is 17.2 Å². The van der Waals surface area contributed by atoms with Crippen LogP contribution in [0.4, 0.5) is 11.4 Å². The first kappa shape index (κ1) is 18.9. The highest BCUT2D eigenvalue weighted by molar-refractivity contribution is 5.98. The van der Waals surface area contributed by atoms with Gasteiger partial charge in [0.1, 0.15) is 0 Å². The van der Waals surface area contributed by atoms with Gasteiger partial charge in [-0.25, -0.2) is 4.98 Å². The molecule has 0 unspecified atom stereocenters. The van der Waals surface area contributed by atoms with E-state index in [2.05, 4.69) is 4.98 Å². The number of aromatic nitrogens is 2. The van der Waals surface area contributed by atoms with Gasteiger partial charge < -0.3 is 4.57 Å². The number of non-ortho nitro benzene ring substituents is 1. The molecule has 0 bridgehead atoms. The Morgan fingerprint density at radius 2 is 1.82 bits per heavy atom. The van der Waals surface area contributed by atoms with E-state index in [1.54, 1.807) is 48.1 Å². The molecule has 0 aliphatic heterocycles. The van der Waals surface area contributed by atoms with E-state index in [1.807, 2.05) is 0 Å². The molecule has 0 N–H and O–H groups in total. The number of benzene rings is 2. The second kappa shape index (κ2) is 7.78. The average Bonchev–Trinajstić information content (AvgIpc) is 3.12. The number of hydrogen-bond donors (Lipinski definition) is 0. The molecule has 3 aromatic rings. The number of nitro groups is 2. The summed E-state index contributed by atoms with van der Waals surface area (Å²) in [5, 5.41) is 22.4. The van der Waals surface area contributed by atoms with Crippen LogP contribution in [0.5, 0.6) is 0 Å². The molecule has 28 heavy (non-hydrogen) atoms. The summed E-state index contributed by atoms with van der Waals surface area (Å²) in [6.07, 6.45) is 3.16. The number of aryl methyl sites for hydroxylation is 1.